The summed E-state index contributed by atoms with van der Waals surface area (Å²) in [4.78, 5) is -0.0906. The van der Waals surface area contributed by atoms with E-state index in [0.717, 1.165) is 18.2 Å². The van der Waals surface area contributed by atoms with Gasteiger partial charge in [-0.3, -0.25) is 4.72 Å². The lowest BCUT2D eigenvalue weighted by Crippen LogP contribution is -2.13. The molecule has 0 spiro atoms. The van der Waals surface area contributed by atoms with Crippen molar-refractivity contribution in [2.75, 3.05) is 10.5 Å². The fourth-order valence-electron chi connectivity index (χ4n) is 1.43. The summed E-state index contributed by atoms with van der Waals surface area (Å²) in [5, 5.41) is 9.25. The second-order valence-electron chi connectivity index (χ2n) is 3.83. The van der Waals surface area contributed by atoms with Crippen LogP contribution in [-0.4, -0.2) is 13.5 Å². The van der Waals surface area contributed by atoms with E-state index in [9.17, 15) is 17.9 Å². The van der Waals surface area contributed by atoms with Crippen molar-refractivity contribution < 1.29 is 17.9 Å². The number of nitrogens with one attached hydrogen (secondary N) is 1. The molecule has 5 nitrogen and oxygen atoms in total. The Kier molecular flexibility index (Phi) is 3.30. The molecule has 0 bridgehead atoms. The molecule has 0 radical (unpaired) electrons. The highest BCUT2D eigenvalue weighted by Gasteiger charge is 2.15. The average Bonchev–Trinajstić information content (AvgIpc) is 2.35. The van der Waals surface area contributed by atoms with E-state index in [1.807, 2.05) is 0 Å². The maximum atomic E-state index is 12.7. The molecule has 100 valence electrons. The maximum absolute atomic E-state index is 12.7. The molecular formula is C12H11FN2O3S. The van der Waals surface area contributed by atoms with Gasteiger partial charge in [0.2, 0.25) is 0 Å². The lowest BCUT2D eigenvalue weighted by atomic mass is 10.3. The Labute approximate surface area is 109 Å². The van der Waals surface area contributed by atoms with Crippen molar-refractivity contribution in [3.05, 3.63) is 48.3 Å². The van der Waals surface area contributed by atoms with Gasteiger partial charge in [0.05, 0.1) is 10.6 Å². The molecule has 0 saturated heterocycles. The van der Waals surface area contributed by atoms with E-state index in [4.69, 9.17) is 5.73 Å². The third kappa shape index (κ3) is 2.94. The van der Waals surface area contributed by atoms with Gasteiger partial charge in [-0.05, 0) is 42.5 Å². The average molecular weight is 282 g/mol. The second kappa shape index (κ2) is 4.77. The Morgan fingerprint density at radius 1 is 1.11 bits per heavy atom. The van der Waals surface area contributed by atoms with Gasteiger partial charge in [-0.25, -0.2) is 12.8 Å². The van der Waals surface area contributed by atoms with Crippen LogP contribution >= 0.6 is 0 Å². The fraction of sp³-hybridized carbons (Fsp3) is 0. The van der Waals surface area contributed by atoms with Crippen LogP contribution in [0.4, 0.5) is 15.8 Å². The summed E-state index contributed by atoms with van der Waals surface area (Å²) in [6, 6.07) is 8.44. The van der Waals surface area contributed by atoms with Crippen LogP contribution in [-0.2, 0) is 10.0 Å². The summed E-state index contributed by atoms with van der Waals surface area (Å²) in [7, 11) is -3.83. The molecule has 0 aliphatic rings. The van der Waals surface area contributed by atoms with E-state index < -0.39 is 15.8 Å². The minimum Gasteiger partial charge on any atom is -0.506 e. The maximum Gasteiger partial charge on any atom is 0.261 e. The Balaban J connectivity index is 2.32. The van der Waals surface area contributed by atoms with E-state index in [2.05, 4.69) is 4.72 Å². The van der Waals surface area contributed by atoms with Crippen LogP contribution in [0.3, 0.4) is 0 Å². The van der Waals surface area contributed by atoms with Crippen LogP contribution in [0.25, 0.3) is 0 Å². The SMILES string of the molecule is Nc1cc(S(=O)(=O)Nc2ccc(F)cc2)ccc1O. The van der Waals surface area contributed by atoms with Crippen LogP contribution in [0.2, 0.25) is 0 Å². The van der Waals surface area contributed by atoms with Crippen LogP contribution in [0.1, 0.15) is 0 Å². The summed E-state index contributed by atoms with van der Waals surface area (Å²) < 4.78 is 39.0. The van der Waals surface area contributed by atoms with Crippen LogP contribution in [0.5, 0.6) is 5.75 Å². The smallest absolute Gasteiger partial charge is 0.261 e. The predicted molar refractivity (Wildman–Crippen MR) is 69.7 cm³/mol. The van der Waals surface area contributed by atoms with E-state index in [1.54, 1.807) is 0 Å². The molecule has 7 heteroatoms. The molecule has 0 saturated carbocycles. The Morgan fingerprint density at radius 3 is 2.32 bits per heavy atom. The molecule has 0 fully saturated rings. The number of nitrogen functional groups attached to an aromatic ring is 1. The largest absolute Gasteiger partial charge is 0.506 e. The molecule has 0 aliphatic heterocycles. The molecule has 0 unspecified atom stereocenters. The molecule has 2 aromatic carbocycles. The summed E-state index contributed by atoms with van der Waals surface area (Å²) >= 11 is 0. The third-order valence-electron chi connectivity index (χ3n) is 2.41. The zero-order valence-corrected chi connectivity index (χ0v) is 10.5. The normalized spacial score (nSPS) is 11.2. The summed E-state index contributed by atoms with van der Waals surface area (Å²) in [6.45, 7) is 0. The number of hydrogen-bond donors (Lipinski definition) is 3. The van der Waals surface area contributed by atoms with Crippen molar-refractivity contribution in [1.82, 2.24) is 0 Å². The van der Waals surface area contributed by atoms with Crippen LogP contribution < -0.4 is 10.5 Å². The first-order chi connectivity index (χ1) is 8.88. The van der Waals surface area contributed by atoms with Gasteiger partial charge in [0.1, 0.15) is 11.6 Å². The highest BCUT2D eigenvalue weighted by molar-refractivity contribution is 7.92. The number of aromatic hydroxyl groups is 1. The summed E-state index contributed by atoms with van der Waals surface area (Å²) in [5.74, 6) is -0.655. The van der Waals surface area contributed by atoms with Gasteiger partial charge < -0.3 is 10.8 Å². The van der Waals surface area contributed by atoms with Gasteiger partial charge in [-0.1, -0.05) is 0 Å². The van der Waals surface area contributed by atoms with Gasteiger partial charge >= 0.3 is 0 Å². The molecular weight excluding hydrogens is 271 g/mol. The topological polar surface area (TPSA) is 92.4 Å². The van der Waals surface area contributed by atoms with Crippen molar-refractivity contribution in [2.24, 2.45) is 0 Å². The van der Waals surface area contributed by atoms with E-state index >= 15 is 0 Å². The highest BCUT2D eigenvalue weighted by Crippen LogP contribution is 2.24. The molecule has 0 aliphatic carbocycles. The lowest BCUT2D eigenvalue weighted by molar-refractivity contribution is 0.477. The first-order valence-electron chi connectivity index (χ1n) is 5.25. The first kappa shape index (κ1) is 13.2. The van der Waals surface area contributed by atoms with E-state index in [-0.39, 0.29) is 22.0 Å². The second-order valence-corrected chi connectivity index (χ2v) is 5.52. The van der Waals surface area contributed by atoms with Crippen molar-refractivity contribution >= 4 is 21.4 Å². The minimum atomic E-state index is -3.83. The summed E-state index contributed by atoms with van der Waals surface area (Å²) in [6.07, 6.45) is 0. The zero-order chi connectivity index (χ0) is 14.0. The van der Waals surface area contributed by atoms with Gasteiger partial charge in [0, 0.05) is 5.69 Å². The molecule has 0 aromatic heterocycles. The number of benzene rings is 2. The predicted octanol–water partition coefficient (Wildman–Crippen LogP) is 1.91. The van der Waals surface area contributed by atoms with E-state index in [0.29, 0.717) is 0 Å². The lowest BCUT2D eigenvalue weighted by Gasteiger charge is -2.09. The van der Waals surface area contributed by atoms with Crippen LogP contribution in [0.15, 0.2) is 47.4 Å². The number of halogens is 1. The third-order valence-corrected chi connectivity index (χ3v) is 3.78. The van der Waals surface area contributed by atoms with Crippen molar-refractivity contribution in [1.29, 1.82) is 0 Å². The number of rotatable bonds is 3. The molecule has 0 amide bonds. The number of anilines is 2. The van der Waals surface area contributed by atoms with Crippen molar-refractivity contribution in [2.45, 2.75) is 4.90 Å². The zero-order valence-electron chi connectivity index (χ0n) is 9.67. The van der Waals surface area contributed by atoms with Crippen LogP contribution in [0, 0.1) is 5.82 Å². The quantitative estimate of drug-likeness (QED) is 0.592. The van der Waals surface area contributed by atoms with E-state index in [1.165, 1.54) is 24.3 Å². The number of sulfonamides is 1. The molecule has 2 aromatic rings. The Morgan fingerprint density at radius 2 is 1.74 bits per heavy atom. The van der Waals surface area contributed by atoms with Gasteiger partial charge in [-0.2, -0.15) is 0 Å². The molecule has 19 heavy (non-hydrogen) atoms. The monoisotopic (exact) mass is 282 g/mol. The molecule has 0 heterocycles. The first-order valence-corrected chi connectivity index (χ1v) is 6.74. The van der Waals surface area contributed by atoms with Gasteiger partial charge in [0.15, 0.2) is 0 Å². The number of nitrogens with two attached hydrogens (primary N) is 1. The molecule has 0 atom stereocenters. The standard InChI is InChI=1S/C12H11FN2O3S/c13-8-1-3-9(4-2-8)15-19(17,18)10-5-6-12(16)11(14)7-10/h1-7,15-16H,14H2. The number of hydrogen-bond acceptors (Lipinski definition) is 4. The fourth-order valence-corrected chi connectivity index (χ4v) is 2.53. The number of phenolic OH excluding ortho intramolecular Hbond substituents is 1. The summed E-state index contributed by atoms with van der Waals surface area (Å²) in [5.41, 5.74) is 5.63. The van der Waals surface area contributed by atoms with Crippen molar-refractivity contribution in [3.63, 3.8) is 0 Å². The highest BCUT2D eigenvalue weighted by atomic mass is 32.2. The molecule has 4 N–H and O–H groups in total. The Hall–Kier alpha value is -2.28. The van der Waals surface area contributed by atoms with Crippen molar-refractivity contribution in [3.8, 4) is 5.75 Å². The Bertz CT molecular complexity index is 699. The van der Waals surface area contributed by atoms with Gasteiger partial charge in [0.25, 0.3) is 10.0 Å². The molecule has 2 rings (SSSR count). The van der Waals surface area contributed by atoms with Gasteiger partial charge in [-0.15, -0.1) is 0 Å². The minimum absolute atomic E-state index is 0.0398. The number of phenols is 1.